The lowest BCUT2D eigenvalue weighted by molar-refractivity contribution is 1.40. The van der Waals surface area contributed by atoms with Crippen LogP contribution in [0.3, 0.4) is 0 Å². The molecule has 2 heteroatoms. The van der Waals surface area contributed by atoms with Gasteiger partial charge in [0.2, 0.25) is 0 Å². The highest BCUT2D eigenvalue weighted by Crippen LogP contribution is 2.36. The minimum Gasteiger partial charge on any atom is -0.256 e. The van der Waals surface area contributed by atoms with Gasteiger partial charge in [0.25, 0.3) is 0 Å². The van der Waals surface area contributed by atoms with E-state index in [0.29, 0.717) is 0 Å². The first-order chi connectivity index (χ1) is 10.9. The number of hydrogen-bond donors (Lipinski definition) is 0. The maximum atomic E-state index is 4.67. The molecule has 0 aliphatic rings. The molecular weight excluding hydrogens is 268 g/mol. The van der Waals surface area contributed by atoms with Crippen LogP contribution in [-0.2, 0) is 0 Å². The van der Waals surface area contributed by atoms with Crippen molar-refractivity contribution < 1.29 is 0 Å². The van der Waals surface area contributed by atoms with Gasteiger partial charge >= 0.3 is 0 Å². The van der Waals surface area contributed by atoms with Crippen molar-refractivity contribution in [3.63, 3.8) is 0 Å². The van der Waals surface area contributed by atoms with Crippen molar-refractivity contribution in [3.05, 3.63) is 73.1 Å². The van der Waals surface area contributed by atoms with Crippen molar-refractivity contribution in [2.45, 2.75) is 0 Å². The van der Waals surface area contributed by atoms with Crippen LogP contribution < -0.4 is 0 Å². The number of pyridine rings is 2. The summed E-state index contributed by atoms with van der Waals surface area (Å²) in [6.45, 7) is 0. The van der Waals surface area contributed by atoms with Gasteiger partial charge in [-0.15, -0.1) is 0 Å². The first-order valence-electron chi connectivity index (χ1n) is 7.36. The van der Waals surface area contributed by atoms with Gasteiger partial charge in [0.1, 0.15) is 0 Å². The summed E-state index contributed by atoms with van der Waals surface area (Å²) in [5.41, 5.74) is 2.05. The largest absolute Gasteiger partial charge is 0.256 e. The minimum absolute atomic E-state index is 1.02. The van der Waals surface area contributed by atoms with Crippen molar-refractivity contribution in [2.24, 2.45) is 0 Å². The summed E-state index contributed by atoms with van der Waals surface area (Å²) in [6.07, 6.45) is 3.71. The van der Waals surface area contributed by atoms with Crippen LogP contribution in [0.1, 0.15) is 0 Å². The lowest BCUT2D eigenvalue weighted by Crippen LogP contribution is -1.88. The SMILES string of the molecule is c1ccc2c(c1)ccc1c3cccnc3c3cccnc3c21. The van der Waals surface area contributed by atoms with E-state index in [1.807, 2.05) is 24.5 Å². The Morgan fingerprint density at radius 2 is 1.23 bits per heavy atom. The Balaban J connectivity index is 2.24. The van der Waals surface area contributed by atoms with Crippen LogP contribution in [0.5, 0.6) is 0 Å². The van der Waals surface area contributed by atoms with Crippen LogP contribution in [0.25, 0.3) is 43.4 Å². The zero-order chi connectivity index (χ0) is 14.5. The van der Waals surface area contributed by atoms with Gasteiger partial charge < -0.3 is 0 Å². The monoisotopic (exact) mass is 280 g/mol. The maximum absolute atomic E-state index is 4.67. The molecule has 0 N–H and O–H groups in total. The van der Waals surface area contributed by atoms with E-state index in [-0.39, 0.29) is 0 Å². The molecule has 2 heterocycles. The number of aromatic nitrogens is 2. The molecule has 5 rings (SSSR count). The van der Waals surface area contributed by atoms with E-state index < -0.39 is 0 Å². The summed E-state index contributed by atoms with van der Waals surface area (Å²) >= 11 is 0. The molecule has 2 aromatic heterocycles. The van der Waals surface area contributed by atoms with Crippen LogP contribution in [-0.4, -0.2) is 9.97 Å². The smallest absolute Gasteiger partial charge is 0.0808 e. The third-order valence-corrected chi connectivity index (χ3v) is 4.33. The molecule has 2 nitrogen and oxygen atoms in total. The van der Waals surface area contributed by atoms with Gasteiger partial charge in [-0.25, -0.2) is 0 Å². The second-order valence-corrected chi connectivity index (χ2v) is 5.51. The van der Waals surface area contributed by atoms with Crippen LogP contribution >= 0.6 is 0 Å². The number of hydrogen-bond acceptors (Lipinski definition) is 2. The number of benzene rings is 3. The van der Waals surface area contributed by atoms with Crippen LogP contribution in [0.15, 0.2) is 73.1 Å². The predicted octanol–water partition coefficient (Wildman–Crippen LogP) is 5.09. The van der Waals surface area contributed by atoms with E-state index in [9.17, 15) is 0 Å². The van der Waals surface area contributed by atoms with E-state index in [1.54, 1.807) is 0 Å². The fourth-order valence-electron chi connectivity index (χ4n) is 3.38. The topological polar surface area (TPSA) is 25.8 Å². The second-order valence-electron chi connectivity index (χ2n) is 5.51. The van der Waals surface area contributed by atoms with Gasteiger partial charge in [-0.3, -0.25) is 9.97 Å². The Hall–Kier alpha value is -3.00. The first kappa shape index (κ1) is 11.6. The van der Waals surface area contributed by atoms with E-state index in [1.165, 1.54) is 26.9 Å². The lowest BCUT2D eigenvalue weighted by Gasteiger charge is -2.11. The molecule has 0 radical (unpaired) electrons. The fraction of sp³-hybridized carbons (Fsp3) is 0. The Kier molecular flexibility index (Phi) is 2.25. The minimum atomic E-state index is 1.02. The highest BCUT2D eigenvalue weighted by atomic mass is 14.7. The normalized spacial score (nSPS) is 11.6. The molecule has 102 valence electrons. The molecule has 0 atom stereocenters. The molecular formula is C20H12N2. The first-order valence-corrected chi connectivity index (χ1v) is 7.36. The van der Waals surface area contributed by atoms with E-state index in [2.05, 4.69) is 58.5 Å². The average Bonchev–Trinajstić information content (AvgIpc) is 2.61. The van der Waals surface area contributed by atoms with Crippen molar-refractivity contribution in [3.8, 4) is 0 Å². The van der Waals surface area contributed by atoms with Gasteiger partial charge in [-0.2, -0.15) is 0 Å². The van der Waals surface area contributed by atoms with Gasteiger partial charge in [0.05, 0.1) is 11.0 Å². The predicted molar refractivity (Wildman–Crippen MR) is 92.1 cm³/mol. The molecule has 22 heavy (non-hydrogen) atoms. The number of nitrogens with zero attached hydrogens (tertiary/aromatic N) is 2. The highest BCUT2D eigenvalue weighted by molar-refractivity contribution is 6.29. The third-order valence-electron chi connectivity index (χ3n) is 4.33. The van der Waals surface area contributed by atoms with Crippen LogP contribution in [0.2, 0.25) is 0 Å². The van der Waals surface area contributed by atoms with Crippen LogP contribution in [0, 0.1) is 0 Å². The third kappa shape index (κ3) is 1.44. The number of fused-ring (bicyclic) bond motifs is 8. The van der Waals surface area contributed by atoms with Gasteiger partial charge in [-0.1, -0.05) is 42.5 Å². The van der Waals surface area contributed by atoms with Crippen molar-refractivity contribution in [1.82, 2.24) is 9.97 Å². The van der Waals surface area contributed by atoms with Crippen molar-refractivity contribution in [1.29, 1.82) is 0 Å². The highest BCUT2D eigenvalue weighted by Gasteiger charge is 2.11. The Morgan fingerprint density at radius 3 is 2.14 bits per heavy atom. The molecule has 5 aromatic rings. The quantitative estimate of drug-likeness (QED) is 0.369. The molecule has 0 aliphatic carbocycles. The molecule has 0 aliphatic heterocycles. The summed E-state index contributed by atoms with van der Waals surface area (Å²) in [4.78, 5) is 9.27. The molecule has 0 spiro atoms. The zero-order valence-electron chi connectivity index (χ0n) is 11.8. The van der Waals surface area contributed by atoms with E-state index >= 15 is 0 Å². The van der Waals surface area contributed by atoms with E-state index in [4.69, 9.17) is 0 Å². The van der Waals surface area contributed by atoms with Crippen LogP contribution in [0.4, 0.5) is 0 Å². The summed E-state index contributed by atoms with van der Waals surface area (Å²) in [7, 11) is 0. The molecule has 0 amide bonds. The average molecular weight is 280 g/mol. The summed E-state index contributed by atoms with van der Waals surface area (Å²) < 4.78 is 0. The maximum Gasteiger partial charge on any atom is 0.0808 e. The summed E-state index contributed by atoms with van der Waals surface area (Å²) in [5.74, 6) is 0. The summed E-state index contributed by atoms with van der Waals surface area (Å²) in [6, 6.07) is 21.1. The standard InChI is InChI=1S/C20H12N2/c1-2-6-14-13(5-1)9-10-15-16-7-3-11-21-19(16)17-8-4-12-22-20(17)18(14)15/h1-12H. The summed E-state index contributed by atoms with van der Waals surface area (Å²) in [5, 5.41) is 7.22. The molecule has 0 saturated carbocycles. The molecule has 0 fully saturated rings. The van der Waals surface area contributed by atoms with Gasteiger partial charge in [-0.05, 0) is 34.4 Å². The van der Waals surface area contributed by atoms with Gasteiger partial charge in [0.15, 0.2) is 0 Å². The zero-order valence-corrected chi connectivity index (χ0v) is 11.8. The van der Waals surface area contributed by atoms with Gasteiger partial charge in [0, 0.05) is 28.6 Å². The molecule has 3 aromatic carbocycles. The molecule has 0 unspecified atom stereocenters. The Bertz CT molecular complexity index is 1130. The van der Waals surface area contributed by atoms with Crippen molar-refractivity contribution >= 4 is 43.4 Å². The Morgan fingerprint density at radius 1 is 0.500 bits per heavy atom. The number of rotatable bonds is 0. The molecule has 0 saturated heterocycles. The fourth-order valence-corrected chi connectivity index (χ4v) is 3.38. The Labute approximate surface area is 127 Å². The van der Waals surface area contributed by atoms with E-state index in [0.717, 1.165) is 16.4 Å². The lowest BCUT2D eigenvalue weighted by atomic mass is 9.95. The second kappa shape index (κ2) is 4.25. The molecule has 0 bridgehead atoms. The van der Waals surface area contributed by atoms with Crippen molar-refractivity contribution in [2.75, 3.05) is 0 Å².